The zero-order valence-electron chi connectivity index (χ0n) is 20.0. The molecule has 0 saturated heterocycles. The second-order valence-electron chi connectivity index (χ2n) is 8.07. The summed E-state index contributed by atoms with van der Waals surface area (Å²) in [4.78, 5) is 25.0. The van der Waals surface area contributed by atoms with E-state index in [1.807, 2.05) is 6.92 Å². The molecule has 0 amide bonds. The van der Waals surface area contributed by atoms with Gasteiger partial charge in [-0.3, -0.25) is 4.79 Å². The van der Waals surface area contributed by atoms with Gasteiger partial charge in [0.25, 0.3) is 0 Å². The molecule has 11 heteroatoms. The zero-order chi connectivity index (χ0) is 27.6. The molecule has 0 fully saturated rings. The van der Waals surface area contributed by atoms with Crippen molar-refractivity contribution in [3.8, 4) is 17.2 Å². The van der Waals surface area contributed by atoms with Crippen molar-refractivity contribution in [1.29, 1.82) is 0 Å². The number of hydrogen-bond donors (Lipinski definition) is 0. The van der Waals surface area contributed by atoms with Gasteiger partial charge in [0.05, 0.1) is 23.1 Å². The molecule has 0 radical (unpaired) electrons. The van der Waals surface area contributed by atoms with Crippen LogP contribution in [0.3, 0.4) is 0 Å². The lowest BCUT2D eigenvalue weighted by atomic mass is 10.1. The van der Waals surface area contributed by atoms with Gasteiger partial charge in [0.15, 0.2) is 23.3 Å². The van der Waals surface area contributed by atoms with E-state index in [9.17, 15) is 31.5 Å². The van der Waals surface area contributed by atoms with Crippen molar-refractivity contribution in [3.05, 3.63) is 98.7 Å². The standard InChI is InChI=1S/C27H19F5O6/c1-3-10-35-27(34)14-4-6-15(7-5-14)38-26-13(2)37-19-11-16(8-9-17(19)25(26)33)36-12-18-20(28)22(30)24(32)23(31)21(18)29/h4-9,11H,3,10,12H2,1-2H3. The van der Waals surface area contributed by atoms with E-state index in [0.29, 0.717) is 12.0 Å². The van der Waals surface area contributed by atoms with E-state index in [0.717, 1.165) is 0 Å². The van der Waals surface area contributed by atoms with Gasteiger partial charge in [0.1, 0.15) is 29.4 Å². The molecule has 6 nitrogen and oxygen atoms in total. The van der Waals surface area contributed by atoms with Gasteiger partial charge in [-0.05, 0) is 49.7 Å². The highest BCUT2D eigenvalue weighted by Crippen LogP contribution is 2.29. The van der Waals surface area contributed by atoms with E-state index in [1.165, 1.54) is 49.4 Å². The topological polar surface area (TPSA) is 75.0 Å². The molecular formula is C27H19F5O6. The first-order valence-electron chi connectivity index (χ1n) is 11.3. The summed E-state index contributed by atoms with van der Waals surface area (Å²) in [7, 11) is 0. The Labute approximate surface area is 212 Å². The Balaban J connectivity index is 1.55. The highest BCUT2D eigenvalue weighted by Gasteiger charge is 2.26. The number of esters is 1. The molecule has 0 aliphatic heterocycles. The minimum atomic E-state index is -2.27. The van der Waals surface area contributed by atoms with Crippen LogP contribution in [0.1, 0.15) is 35.0 Å². The molecule has 1 heterocycles. The fourth-order valence-corrected chi connectivity index (χ4v) is 3.46. The maximum Gasteiger partial charge on any atom is 0.338 e. The molecular weight excluding hydrogens is 515 g/mol. The first-order chi connectivity index (χ1) is 18.1. The highest BCUT2D eigenvalue weighted by atomic mass is 19.2. The van der Waals surface area contributed by atoms with Crippen LogP contribution in [0.25, 0.3) is 11.0 Å². The number of aryl methyl sites for hydroxylation is 1. The van der Waals surface area contributed by atoms with E-state index < -0.39 is 52.7 Å². The first-order valence-corrected chi connectivity index (χ1v) is 11.3. The van der Waals surface area contributed by atoms with Crippen LogP contribution in [0.5, 0.6) is 17.2 Å². The normalized spacial score (nSPS) is 11.0. The monoisotopic (exact) mass is 534 g/mol. The summed E-state index contributed by atoms with van der Waals surface area (Å²) in [5, 5.41) is 0.0777. The van der Waals surface area contributed by atoms with Crippen molar-refractivity contribution in [2.24, 2.45) is 0 Å². The molecule has 198 valence electrons. The molecule has 0 aliphatic rings. The van der Waals surface area contributed by atoms with E-state index in [-0.39, 0.29) is 40.6 Å². The Morgan fingerprint density at radius 2 is 1.47 bits per heavy atom. The molecule has 0 bridgehead atoms. The maximum atomic E-state index is 13.9. The Morgan fingerprint density at radius 1 is 0.868 bits per heavy atom. The number of rotatable bonds is 8. The predicted molar refractivity (Wildman–Crippen MR) is 125 cm³/mol. The number of carbonyl (C=O) groups is 1. The van der Waals surface area contributed by atoms with Crippen LogP contribution >= 0.6 is 0 Å². The molecule has 4 rings (SSSR count). The molecule has 0 saturated carbocycles. The minimum Gasteiger partial charge on any atom is -0.489 e. The van der Waals surface area contributed by atoms with E-state index in [1.54, 1.807) is 0 Å². The Kier molecular flexibility index (Phi) is 7.65. The lowest BCUT2D eigenvalue weighted by molar-refractivity contribution is 0.0505. The lowest BCUT2D eigenvalue weighted by Crippen LogP contribution is -2.10. The fraction of sp³-hybridized carbons (Fsp3) is 0.185. The average molecular weight is 534 g/mol. The third-order valence-electron chi connectivity index (χ3n) is 5.42. The summed E-state index contributed by atoms with van der Waals surface area (Å²) in [6.45, 7) is 2.66. The van der Waals surface area contributed by atoms with Gasteiger partial charge in [-0.25, -0.2) is 26.7 Å². The lowest BCUT2D eigenvalue weighted by Gasteiger charge is -2.12. The van der Waals surface area contributed by atoms with E-state index in [4.69, 9.17) is 18.6 Å². The predicted octanol–water partition coefficient (Wildman–Crippen LogP) is 6.74. The summed E-state index contributed by atoms with van der Waals surface area (Å²) >= 11 is 0. The SMILES string of the molecule is CCCOC(=O)c1ccc(Oc2c(C)oc3cc(OCc4c(F)c(F)c(F)c(F)c4F)ccc3c2=O)cc1. The van der Waals surface area contributed by atoms with Gasteiger partial charge in [-0.2, -0.15) is 0 Å². The van der Waals surface area contributed by atoms with Crippen molar-refractivity contribution >= 4 is 16.9 Å². The van der Waals surface area contributed by atoms with Gasteiger partial charge >= 0.3 is 5.97 Å². The first kappa shape index (κ1) is 26.6. The number of carbonyl (C=O) groups excluding carboxylic acids is 1. The van der Waals surface area contributed by atoms with Crippen molar-refractivity contribution in [2.75, 3.05) is 6.61 Å². The summed E-state index contributed by atoms with van der Waals surface area (Å²) < 4.78 is 89.5. The molecule has 0 unspecified atom stereocenters. The molecule has 1 aromatic heterocycles. The number of fused-ring (bicyclic) bond motifs is 1. The van der Waals surface area contributed by atoms with Crippen LogP contribution in [0, 0.1) is 36.0 Å². The number of benzene rings is 3. The van der Waals surface area contributed by atoms with Crippen molar-refractivity contribution < 1.29 is 45.4 Å². The van der Waals surface area contributed by atoms with Crippen LogP contribution in [0.15, 0.2) is 51.7 Å². The van der Waals surface area contributed by atoms with Crippen LogP contribution in [-0.2, 0) is 11.3 Å². The molecule has 3 aromatic carbocycles. The fourth-order valence-electron chi connectivity index (χ4n) is 3.46. The van der Waals surface area contributed by atoms with Crippen molar-refractivity contribution in [3.63, 3.8) is 0 Å². The van der Waals surface area contributed by atoms with Gasteiger partial charge in [0.2, 0.25) is 17.0 Å². The summed E-state index contributed by atoms with van der Waals surface area (Å²) in [6.07, 6.45) is 0.683. The quantitative estimate of drug-likeness (QED) is 0.108. The summed E-state index contributed by atoms with van der Waals surface area (Å²) in [5.41, 5.74) is -1.34. The third-order valence-corrected chi connectivity index (χ3v) is 5.42. The van der Waals surface area contributed by atoms with Crippen LogP contribution in [-0.4, -0.2) is 12.6 Å². The third kappa shape index (κ3) is 5.17. The van der Waals surface area contributed by atoms with Crippen molar-refractivity contribution in [2.45, 2.75) is 26.9 Å². The molecule has 4 aromatic rings. The Morgan fingerprint density at radius 3 is 2.11 bits per heavy atom. The Bertz CT molecular complexity index is 1550. The largest absolute Gasteiger partial charge is 0.489 e. The number of halogens is 5. The average Bonchev–Trinajstić information content (AvgIpc) is 2.92. The second kappa shape index (κ2) is 10.9. The Hall–Kier alpha value is -4.41. The van der Waals surface area contributed by atoms with Gasteiger partial charge in [-0.1, -0.05) is 6.92 Å². The maximum absolute atomic E-state index is 13.9. The molecule has 0 spiro atoms. The van der Waals surface area contributed by atoms with Gasteiger partial charge in [0, 0.05) is 6.07 Å². The van der Waals surface area contributed by atoms with Crippen LogP contribution in [0.2, 0.25) is 0 Å². The molecule has 0 N–H and O–H groups in total. The van der Waals surface area contributed by atoms with Gasteiger partial charge < -0.3 is 18.6 Å². The second-order valence-corrected chi connectivity index (χ2v) is 8.07. The van der Waals surface area contributed by atoms with Crippen LogP contribution in [0.4, 0.5) is 22.0 Å². The number of ether oxygens (including phenoxy) is 3. The smallest absolute Gasteiger partial charge is 0.338 e. The van der Waals surface area contributed by atoms with Crippen LogP contribution < -0.4 is 14.9 Å². The zero-order valence-corrected chi connectivity index (χ0v) is 20.0. The van der Waals surface area contributed by atoms with E-state index in [2.05, 4.69) is 0 Å². The van der Waals surface area contributed by atoms with Crippen molar-refractivity contribution in [1.82, 2.24) is 0 Å². The molecule has 38 heavy (non-hydrogen) atoms. The van der Waals surface area contributed by atoms with E-state index >= 15 is 0 Å². The van der Waals surface area contributed by atoms with Gasteiger partial charge in [-0.15, -0.1) is 0 Å². The summed E-state index contributed by atoms with van der Waals surface area (Å²) in [5.74, 6) is -10.7. The minimum absolute atomic E-state index is 0.0313. The molecule has 0 atom stereocenters. The highest BCUT2D eigenvalue weighted by molar-refractivity contribution is 5.89. The number of hydrogen-bond acceptors (Lipinski definition) is 6. The molecule has 0 aliphatic carbocycles. The summed E-state index contributed by atoms with van der Waals surface area (Å²) in [6, 6.07) is 9.74.